The lowest BCUT2D eigenvalue weighted by molar-refractivity contribution is 0.246. The molecule has 0 saturated heterocycles. The lowest BCUT2D eigenvalue weighted by Gasteiger charge is -2.11. The first-order valence-electron chi connectivity index (χ1n) is 6.86. The second-order valence-electron chi connectivity index (χ2n) is 4.50. The molecule has 2 amide bonds. The molecule has 122 valence electrons. The van der Waals surface area contributed by atoms with Crippen LogP contribution in [-0.2, 0) is 0 Å². The Kier molecular flexibility index (Phi) is 5.74. The number of anilines is 1. The second kappa shape index (κ2) is 7.98. The van der Waals surface area contributed by atoms with E-state index in [0.29, 0.717) is 11.4 Å². The van der Waals surface area contributed by atoms with Crippen LogP contribution in [0, 0.1) is 11.6 Å². The first kappa shape index (κ1) is 16.5. The maximum Gasteiger partial charge on any atom is 0.319 e. The van der Waals surface area contributed by atoms with Gasteiger partial charge in [-0.15, -0.1) is 0 Å². The molecule has 0 aromatic heterocycles. The zero-order chi connectivity index (χ0) is 16.7. The van der Waals surface area contributed by atoms with Crippen molar-refractivity contribution in [3.8, 4) is 11.5 Å². The number of hydrogen-bond donors (Lipinski definition) is 2. The number of hydrogen-bond acceptors (Lipinski definition) is 3. The molecule has 0 spiro atoms. The average Bonchev–Trinajstić information content (AvgIpc) is 2.53. The van der Waals surface area contributed by atoms with Gasteiger partial charge < -0.3 is 20.1 Å². The fourth-order valence-electron chi connectivity index (χ4n) is 1.83. The minimum Gasteiger partial charge on any atom is -0.495 e. The number of amides is 2. The van der Waals surface area contributed by atoms with Gasteiger partial charge in [-0.1, -0.05) is 12.1 Å². The molecule has 0 aliphatic heterocycles. The van der Waals surface area contributed by atoms with E-state index in [0.717, 1.165) is 12.1 Å². The molecule has 23 heavy (non-hydrogen) atoms. The summed E-state index contributed by atoms with van der Waals surface area (Å²) in [4.78, 5) is 11.7. The molecule has 0 saturated carbocycles. The molecule has 2 aromatic carbocycles. The minimum absolute atomic E-state index is 0.0435. The maximum absolute atomic E-state index is 13.3. The van der Waals surface area contributed by atoms with Gasteiger partial charge in [0.1, 0.15) is 18.2 Å². The average molecular weight is 322 g/mol. The Morgan fingerprint density at radius 3 is 2.65 bits per heavy atom. The Labute approximate surface area is 132 Å². The van der Waals surface area contributed by atoms with E-state index in [1.807, 2.05) is 0 Å². The number of carbonyl (C=O) groups is 1. The molecular formula is C16H16F2N2O3. The van der Waals surface area contributed by atoms with E-state index in [1.54, 1.807) is 24.3 Å². The number of para-hydroxylation sites is 2. The van der Waals surface area contributed by atoms with Crippen molar-refractivity contribution in [3.63, 3.8) is 0 Å². The third kappa shape index (κ3) is 4.84. The molecule has 2 aromatic rings. The summed E-state index contributed by atoms with van der Waals surface area (Å²) in [5.74, 6) is -1.00. The van der Waals surface area contributed by atoms with Crippen LogP contribution in [0.5, 0.6) is 11.5 Å². The van der Waals surface area contributed by atoms with Gasteiger partial charge in [-0.25, -0.2) is 13.6 Å². The number of urea groups is 1. The first-order chi connectivity index (χ1) is 11.1. The quantitative estimate of drug-likeness (QED) is 0.803. The Bertz CT molecular complexity index is 680. The lowest BCUT2D eigenvalue weighted by Crippen LogP contribution is -2.32. The Balaban J connectivity index is 1.76. The van der Waals surface area contributed by atoms with Crippen molar-refractivity contribution in [3.05, 3.63) is 54.1 Å². The fourth-order valence-corrected chi connectivity index (χ4v) is 1.83. The summed E-state index contributed by atoms with van der Waals surface area (Å²) in [6.07, 6.45) is 0. The first-order valence-corrected chi connectivity index (χ1v) is 6.86. The number of rotatable bonds is 6. The summed E-state index contributed by atoms with van der Waals surface area (Å²) >= 11 is 0. The van der Waals surface area contributed by atoms with Gasteiger partial charge in [-0.05, 0) is 24.3 Å². The largest absolute Gasteiger partial charge is 0.495 e. The third-order valence-electron chi connectivity index (χ3n) is 2.89. The zero-order valence-electron chi connectivity index (χ0n) is 12.4. The predicted octanol–water partition coefficient (Wildman–Crippen LogP) is 3.17. The Morgan fingerprint density at radius 2 is 1.91 bits per heavy atom. The number of carbonyl (C=O) groups excluding carboxylic acids is 1. The summed E-state index contributed by atoms with van der Waals surface area (Å²) in [5.41, 5.74) is 0.526. The highest BCUT2D eigenvalue weighted by Crippen LogP contribution is 2.22. The van der Waals surface area contributed by atoms with Crippen molar-refractivity contribution < 1.29 is 23.0 Å². The highest BCUT2D eigenvalue weighted by atomic mass is 19.1. The predicted molar refractivity (Wildman–Crippen MR) is 81.9 cm³/mol. The number of benzene rings is 2. The molecule has 0 heterocycles. The van der Waals surface area contributed by atoms with Crippen molar-refractivity contribution in [2.45, 2.75) is 0 Å². The molecular weight excluding hydrogens is 306 g/mol. The van der Waals surface area contributed by atoms with Gasteiger partial charge >= 0.3 is 6.03 Å². The maximum atomic E-state index is 13.3. The second-order valence-corrected chi connectivity index (χ2v) is 4.50. The van der Waals surface area contributed by atoms with E-state index in [1.165, 1.54) is 13.2 Å². The van der Waals surface area contributed by atoms with Gasteiger partial charge in [0.2, 0.25) is 0 Å². The molecule has 0 atom stereocenters. The van der Waals surface area contributed by atoms with E-state index < -0.39 is 17.7 Å². The molecule has 5 nitrogen and oxygen atoms in total. The SMILES string of the molecule is COc1ccccc1NC(=O)NCCOc1ccc(F)cc1F. The summed E-state index contributed by atoms with van der Waals surface area (Å²) in [5, 5.41) is 5.18. The molecule has 2 rings (SSSR count). The Hall–Kier alpha value is -2.83. The van der Waals surface area contributed by atoms with Crippen LogP contribution >= 0.6 is 0 Å². The molecule has 0 aliphatic carbocycles. The number of methoxy groups -OCH3 is 1. The highest BCUT2D eigenvalue weighted by molar-refractivity contribution is 5.90. The molecule has 0 unspecified atom stereocenters. The van der Waals surface area contributed by atoms with Crippen LogP contribution < -0.4 is 20.1 Å². The summed E-state index contributed by atoms with van der Waals surface area (Å²) < 4.78 is 36.3. The van der Waals surface area contributed by atoms with E-state index in [2.05, 4.69) is 10.6 Å². The number of ether oxygens (including phenoxy) is 2. The molecule has 7 heteroatoms. The van der Waals surface area contributed by atoms with Crippen LogP contribution in [0.2, 0.25) is 0 Å². The lowest BCUT2D eigenvalue weighted by atomic mass is 10.3. The molecule has 0 bridgehead atoms. The van der Waals surface area contributed by atoms with Gasteiger partial charge in [-0.3, -0.25) is 0 Å². The van der Waals surface area contributed by atoms with Crippen LogP contribution in [-0.4, -0.2) is 26.3 Å². The van der Waals surface area contributed by atoms with Gasteiger partial charge in [0.25, 0.3) is 0 Å². The summed E-state index contributed by atoms with van der Waals surface area (Å²) in [6.45, 7) is 0.194. The minimum atomic E-state index is -0.788. The van der Waals surface area contributed by atoms with Gasteiger partial charge in [-0.2, -0.15) is 0 Å². The van der Waals surface area contributed by atoms with Crippen molar-refractivity contribution >= 4 is 11.7 Å². The highest BCUT2D eigenvalue weighted by Gasteiger charge is 2.07. The summed E-state index contributed by atoms with van der Waals surface area (Å²) in [7, 11) is 1.50. The normalized spacial score (nSPS) is 10.0. The van der Waals surface area contributed by atoms with E-state index in [4.69, 9.17) is 9.47 Å². The van der Waals surface area contributed by atoms with E-state index >= 15 is 0 Å². The topological polar surface area (TPSA) is 59.6 Å². The van der Waals surface area contributed by atoms with E-state index in [9.17, 15) is 13.6 Å². The fraction of sp³-hybridized carbons (Fsp3) is 0.188. The van der Waals surface area contributed by atoms with Crippen LogP contribution in [0.3, 0.4) is 0 Å². The molecule has 0 fully saturated rings. The number of nitrogens with one attached hydrogen (secondary N) is 2. The van der Waals surface area contributed by atoms with Crippen LogP contribution in [0.25, 0.3) is 0 Å². The number of halogens is 2. The van der Waals surface area contributed by atoms with Crippen LogP contribution in [0.1, 0.15) is 0 Å². The van der Waals surface area contributed by atoms with Gasteiger partial charge in [0.15, 0.2) is 11.6 Å². The summed E-state index contributed by atoms with van der Waals surface area (Å²) in [6, 6.07) is 9.54. The molecule has 0 aliphatic rings. The van der Waals surface area contributed by atoms with Crippen molar-refractivity contribution in [2.75, 3.05) is 25.6 Å². The van der Waals surface area contributed by atoms with Gasteiger partial charge in [0, 0.05) is 6.07 Å². The third-order valence-corrected chi connectivity index (χ3v) is 2.89. The Morgan fingerprint density at radius 1 is 1.13 bits per heavy atom. The van der Waals surface area contributed by atoms with Crippen molar-refractivity contribution in [1.29, 1.82) is 0 Å². The van der Waals surface area contributed by atoms with Gasteiger partial charge in [0.05, 0.1) is 19.3 Å². The van der Waals surface area contributed by atoms with Crippen molar-refractivity contribution in [1.82, 2.24) is 5.32 Å². The standard InChI is InChI=1S/C16H16F2N2O3/c1-22-15-5-3-2-4-13(15)20-16(21)19-8-9-23-14-7-6-11(17)10-12(14)18/h2-7,10H,8-9H2,1H3,(H2,19,20,21). The van der Waals surface area contributed by atoms with E-state index in [-0.39, 0.29) is 18.9 Å². The van der Waals surface area contributed by atoms with Crippen molar-refractivity contribution in [2.24, 2.45) is 0 Å². The monoisotopic (exact) mass is 322 g/mol. The smallest absolute Gasteiger partial charge is 0.319 e. The molecule has 0 radical (unpaired) electrons. The zero-order valence-corrected chi connectivity index (χ0v) is 12.4. The van der Waals surface area contributed by atoms with Crippen LogP contribution in [0.15, 0.2) is 42.5 Å². The van der Waals surface area contributed by atoms with Crippen LogP contribution in [0.4, 0.5) is 19.3 Å². The molecule has 2 N–H and O–H groups in total.